The highest BCUT2D eigenvalue weighted by atomic mass is 35.5. The van der Waals surface area contributed by atoms with Crippen LogP contribution >= 0.6 is 11.6 Å². The smallest absolute Gasteiger partial charge is 0.239 e. The number of nitrogens with zero attached hydrogens (tertiary/aromatic N) is 2. The number of halogens is 1. The zero-order valence-electron chi connectivity index (χ0n) is 10.8. The molecule has 1 heterocycles. The predicted molar refractivity (Wildman–Crippen MR) is 77.6 cm³/mol. The Morgan fingerprint density at radius 3 is 3.20 bits per heavy atom. The van der Waals surface area contributed by atoms with E-state index < -0.39 is 5.91 Å². The number of anilines is 1. The average molecular weight is 291 g/mol. The number of carbonyl (C=O) groups excluding carboxylic acids is 1. The fraction of sp³-hybridized carbons (Fsp3) is 0.286. The predicted octanol–water partition coefficient (Wildman–Crippen LogP) is 2.12. The van der Waals surface area contributed by atoms with E-state index in [-0.39, 0.29) is 12.6 Å². The molecular weight excluding hydrogens is 276 g/mol. The third-order valence-electron chi connectivity index (χ3n) is 3.47. The fourth-order valence-electron chi connectivity index (χ4n) is 2.62. The number of primary amides is 1. The molecule has 0 saturated heterocycles. The van der Waals surface area contributed by atoms with Gasteiger partial charge in [0.15, 0.2) is 0 Å². The van der Waals surface area contributed by atoms with Crippen molar-refractivity contribution in [3.05, 3.63) is 46.7 Å². The van der Waals surface area contributed by atoms with Crippen molar-refractivity contribution in [2.45, 2.75) is 25.4 Å². The highest BCUT2D eigenvalue weighted by molar-refractivity contribution is 6.30. The van der Waals surface area contributed by atoms with Crippen LogP contribution in [0.15, 0.2) is 30.6 Å². The number of benzene rings is 1. The van der Waals surface area contributed by atoms with Crippen LogP contribution in [-0.2, 0) is 17.8 Å². The van der Waals surface area contributed by atoms with E-state index in [4.69, 9.17) is 17.3 Å². The highest BCUT2D eigenvalue weighted by Crippen LogP contribution is 2.35. The van der Waals surface area contributed by atoms with E-state index in [1.807, 2.05) is 12.1 Å². The maximum atomic E-state index is 10.8. The molecule has 1 unspecified atom stereocenters. The summed E-state index contributed by atoms with van der Waals surface area (Å²) in [6.07, 6.45) is 5.54. The first-order valence-corrected chi connectivity index (χ1v) is 6.85. The van der Waals surface area contributed by atoms with Gasteiger partial charge in [-0.2, -0.15) is 5.10 Å². The molecule has 1 aromatic heterocycles. The Hall–Kier alpha value is -2.01. The molecule has 20 heavy (non-hydrogen) atoms. The van der Waals surface area contributed by atoms with Crippen molar-refractivity contribution >= 4 is 23.2 Å². The van der Waals surface area contributed by atoms with Crippen LogP contribution in [-0.4, -0.2) is 15.7 Å². The molecule has 0 fully saturated rings. The van der Waals surface area contributed by atoms with Gasteiger partial charge in [0, 0.05) is 11.2 Å². The molecule has 3 N–H and O–H groups in total. The second-order valence-electron chi connectivity index (χ2n) is 4.97. The van der Waals surface area contributed by atoms with Gasteiger partial charge in [-0.15, -0.1) is 0 Å². The van der Waals surface area contributed by atoms with Gasteiger partial charge in [0.05, 0.1) is 17.9 Å². The minimum atomic E-state index is -0.402. The molecular formula is C14H15ClN4O. The van der Waals surface area contributed by atoms with Crippen molar-refractivity contribution in [1.82, 2.24) is 9.78 Å². The maximum Gasteiger partial charge on any atom is 0.239 e. The van der Waals surface area contributed by atoms with E-state index in [2.05, 4.69) is 16.5 Å². The molecule has 104 valence electrons. The van der Waals surface area contributed by atoms with Crippen molar-refractivity contribution < 1.29 is 4.79 Å². The third kappa shape index (κ3) is 2.63. The number of carbonyl (C=O) groups is 1. The van der Waals surface area contributed by atoms with Gasteiger partial charge >= 0.3 is 0 Å². The molecule has 1 aliphatic rings. The first-order valence-electron chi connectivity index (χ1n) is 6.47. The summed E-state index contributed by atoms with van der Waals surface area (Å²) in [6, 6.07) is 6.26. The maximum absolute atomic E-state index is 10.8. The van der Waals surface area contributed by atoms with E-state index in [0.29, 0.717) is 0 Å². The Morgan fingerprint density at radius 1 is 1.55 bits per heavy atom. The second-order valence-corrected chi connectivity index (χ2v) is 5.41. The quantitative estimate of drug-likeness (QED) is 0.906. The molecule has 1 amide bonds. The van der Waals surface area contributed by atoms with Gasteiger partial charge in [0.1, 0.15) is 6.54 Å². The van der Waals surface area contributed by atoms with Gasteiger partial charge in [-0.05, 0) is 36.1 Å². The lowest BCUT2D eigenvalue weighted by Gasteiger charge is -2.13. The summed E-state index contributed by atoms with van der Waals surface area (Å²) in [7, 11) is 0. The molecule has 0 radical (unpaired) electrons. The number of amides is 1. The van der Waals surface area contributed by atoms with Crippen molar-refractivity contribution in [1.29, 1.82) is 0 Å². The van der Waals surface area contributed by atoms with Crippen LogP contribution in [0.1, 0.15) is 23.6 Å². The Morgan fingerprint density at radius 2 is 2.40 bits per heavy atom. The van der Waals surface area contributed by atoms with Gasteiger partial charge < -0.3 is 11.1 Å². The van der Waals surface area contributed by atoms with E-state index in [0.717, 1.165) is 23.6 Å². The van der Waals surface area contributed by atoms with E-state index in [9.17, 15) is 4.79 Å². The molecule has 1 atom stereocenters. The molecule has 1 aromatic carbocycles. The van der Waals surface area contributed by atoms with Crippen LogP contribution in [0.3, 0.4) is 0 Å². The van der Waals surface area contributed by atoms with Crippen molar-refractivity contribution in [3.8, 4) is 0 Å². The van der Waals surface area contributed by atoms with Crippen molar-refractivity contribution in [2.24, 2.45) is 5.73 Å². The number of nitrogens with one attached hydrogen (secondary N) is 1. The topological polar surface area (TPSA) is 72.9 Å². The standard InChI is InChI=1S/C14H15ClN4O/c15-10-2-3-12-9(5-10)1-4-13(12)18-11-6-17-19(7-11)8-14(16)20/h2-3,5-7,13,18H,1,4,8H2,(H2,16,20). The second kappa shape index (κ2) is 5.17. The lowest BCUT2D eigenvalue weighted by molar-refractivity contribution is -0.118. The lowest BCUT2D eigenvalue weighted by Crippen LogP contribution is -2.18. The monoisotopic (exact) mass is 290 g/mol. The van der Waals surface area contributed by atoms with E-state index in [1.165, 1.54) is 15.8 Å². The molecule has 3 rings (SSSR count). The van der Waals surface area contributed by atoms with Gasteiger partial charge in [0.2, 0.25) is 5.91 Å². The van der Waals surface area contributed by atoms with Crippen LogP contribution in [0.2, 0.25) is 5.02 Å². The average Bonchev–Trinajstić information content (AvgIpc) is 2.97. The largest absolute Gasteiger partial charge is 0.376 e. The normalized spacial score (nSPS) is 16.9. The molecule has 0 bridgehead atoms. The van der Waals surface area contributed by atoms with Gasteiger partial charge in [-0.1, -0.05) is 17.7 Å². The molecule has 0 saturated carbocycles. The zero-order chi connectivity index (χ0) is 14.1. The van der Waals surface area contributed by atoms with E-state index in [1.54, 1.807) is 12.4 Å². The molecule has 5 nitrogen and oxygen atoms in total. The van der Waals surface area contributed by atoms with Crippen LogP contribution in [0.4, 0.5) is 5.69 Å². The summed E-state index contributed by atoms with van der Waals surface area (Å²) in [6.45, 7) is 0.0958. The molecule has 1 aliphatic carbocycles. The molecule has 0 aliphatic heterocycles. The summed E-state index contributed by atoms with van der Waals surface area (Å²) in [5, 5.41) is 8.31. The number of nitrogens with two attached hydrogens (primary N) is 1. The summed E-state index contributed by atoms with van der Waals surface area (Å²) in [5.74, 6) is -0.402. The molecule has 6 heteroatoms. The Balaban J connectivity index is 1.74. The SMILES string of the molecule is NC(=O)Cn1cc(NC2CCc3cc(Cl)ccc32)cn1. The van der Waals surface area contributed by atoms with Crippen LogP contribution in [0, 0.1) is 0 Å². The first kappa shape index (κ1) is 13.0. The van der Waals surface area contributed by atoms with Crippen molar-refractivity contribution in [2.75, 3.05) is 5.32 Å². The summed E-state index contributed by atoms with van der Waals surface area (Å²) >= 11 is 6.01. The van der Waals surface area contributed by atoms with Crippen LogP contribution in [0.25, 0.3) is 0 Å². The number of aromatic nitrogens is 2. The zero-order valence-corrected chi connectivity index (χ0v) is 11.6. The van der Waals surface area contributed by atoms with Crippen LogP contribution in [0.5, 0.6) is 0 Å². The number of hydrogen-bond acceptors (Lipinski definition) is 3. The fourth-order valence-corrected chi connectivity index (χ4v) is 2.82. The molecule has 2 aromatic rings. The minimum Gasteiger partial charge on any atom is -0.376 e. The number of fused-ring (bicyclic) bond motifs is 1. The summed E-state index contributed by atoms with van der Waals surface area (Å²) < 4.78 is 1.53. The number of hydrogen-bond donors (Lipinski definition) is 2. The third-order valence-corrected chi connectivity index (χ3v) is 3.71. The Bertz CT molecular complexity index is 652. The van der Waals surface area contributed by atoms with Gasteiger partial charge in [-0.25, -0.2) is 0 Å². The number of aryl methyl sites for hydroxylation is 1. The minimum absolute atomic E-state index is 0.0958. The highest BCUT2D eigenvalue weighted by Gasteiger charge is 2.22. The van der Waals surface area contributed by atoms with Crippen molar-refractivity contribution in [3.63, 3.8) is 0 Å². The van der Waals surface area contributed by atoms with E-state index >= 15 is 0 Å². The first-order chi connectivity index (χ1) is 9.61. The summed E-state index contributed by atoms with van der Waals surface area (Å²) in [5.41, 5.74) is 8.60. The van der Waals surface area contributed by atoms with Gasteiger partial charge in [0.25, 0.3) is 0 Å². The molecule has 0 spiro atoms. The summed E-state index contributed by atoms with van der Waals surface area (Å²) in [4.78, 5) is 10.8. The lowest BCUT2D eigenvalue weighted by atomic mass is 10.1. The Kier molecular flexibility index (Phi) is 3.36. The number of rotatable bonds is 4. The Labute approximate surface area is 121 Å². The van der Waals surface area contributed by atoms with Crippen LogP contribution < -0.4 is 11.1 Å². The van der Waals surface area contributed by atoms with Gasteiger partial charge in [-0.3, -0.25) is 9.48 Å².